The Morgan fingerprint density at radius 1 is 1.40 bits per heavy atom. The van der Waals surface area contributed by atoms with E-state index >= 15 is 0 Å². The summed E-state index contributed by atoms with van der Waals surface area (Å²) in [6.45, 7) is 0.544. The van der Waals surface area contributed by atoms with Crippen LogP contribution in [0.15, 0.2) is 41.2 Å². The molecular weight excluding hydrogens is 272 g/mol. The molecule has 0 aromatic carbocycles. The molecule has 106 valence electrons. The van der Waals surface area contributed by atoms with Gasteiger partial charge in [-0.3, -0.25) is 5.32 Å². The molecule has 0 saturated carbocycles. The Morgan fingerprint density at radius 3 is 2.85 bits per heavy atom. The lowest BCUT2D eigenvalue weighted by atomic mass is 10.1. The molecule has 2 aromatic heterocycles. The fourth-order valence-corrected chi connectivity index (χ4v) is 2.56. The number of hydrogen-bond donors (Lipinski definition) is 2. The molecule has 2 aromatic rings. The van der Waals surface area contributed by atoms with Crippen LogP contribution in [-0.2, 0) is 0 Å². The predicted molar refractivity (Wildman–Crippen MR) is 82.0 cm³/mol. The van der Waals surface area contributed by atoms with Crippen LogP contribution in [0.5, 0.6) is 0 Å². The van der Waals surface area contributed by atoms with Crippen molar-refractivity contribution in [3.05, 3.63) is 46.8 Å². The molecule has 20 heavy (non-hydrogen) atoms. The smallest absolute Gasteiger partial charge is 0.320 e. The Kier molecular flexibility index (Phi) is 5.09. The van der Waals surface area contributed by atoms with Gasteiger partial charge < -0.3 is 10.2 Å². The first-order valence-electron chi connectivity index (χ1n) is 6.31. The Morgan fingerprint density at radius 2 is 2.25 bits per heavy atom. The molecule has 0 radical (unpaired) electrons. The predicted octanol–water partition coefficient (Wildman–Crippen LogP) is 2.57. The van der Waals surface area contributed by atoms with Gasteiger partial charge in [-0.2, -0.15) is 11.3 Å². The molecule has 0 aliphatic rings. The van der Waals surface area contributed by atoms with Crippen molar-refractivity contribution >= 4 is 23.2 Å². The normalized spacial score (nSPS) is 12.2. The first-order valence-corrected chi connectivity index (χ1v) is 7.25. The van der Waals surface area contributed by atoms with Crippen molar-refractivity contribution in [2.24, 2.45) is 0 Å². The lowest BCUT2D eigenvalue weighted by molar-refractivity contribution is 0.243. The summed E-state index contributed by atoms with van der Waals surface area (Å²) in [6.07, 6.45) is 1.64. The summed E-state index contributed by atoms with van der Waals surface area (Å²) in [7, 11) is 4.00. The standard InChI is InChI=1S/C14H18N4OS/c1-18(2)12(11-6-8-20-10-11)9-16-14(19)17-13-5-3-4-7-15-13/h3-8,10,12H,9H2,1-2H3,(H2,15,16,17,19). The van der Waals surface area contributed by atoms with Crippen LogP contribution in [0, 0.1) is 0 Å². The summed E-state index contributed by atoms with van der Waals surface area (Å²) in [5.41, 5.74) is 1.21. The minimum Gasteiger partial charge on any atom is -0.336 e. The third kappa shape index (κ3) is 4.04. The number of likely N-dealkylation sites (N-methyl/N-ethyl adjacent to an activating group) is 1. The topological polar surface area (TPSA) is 57.3 Å². The molecule has 0 saturated heterocycles. The molecule has 0 aliphatic heterocycles. The van der Waals surface area contributed by atoms with E-state index in [1.54, 1.807) is 23.6 Å². The third-order valence-electron chi connectivity index (χ3n) is 2.91. The summed E-state index contributed by atoms with van der Waals surface area (Å²) in [5.74, 6) is 0.543. The first-order chi connectivity index (χ1) is 9.66. The van der Waals surface area contributed by atoms with E-state index in [2.05, 4.69) is 32.0 Å². The molecule has 2 N–H and O–H groups in total. The summed E-state index contributed by atoms with van der Waals surface area (Å²) in [6, 6.07) is 7.38. The number of urea groups is 1. The number of rotatable bonds is 5. The third-order valence-corrected chi connectivity index (χ3v) is 3.62. The maximum Gasteiger partial charge on any atom is 0.320 e. The molecule has 0 fully saturated rings. The minimum atomic E-state index is -0.245. The van der Waals surface area contributed by atoms with Gasteiger partial charge in [0.2, 0.25) is 0 Å². The SMILES string of the molecule is CN(C)C(CNC(=O)Nc1ccccn1)c1ccsc1. The fourth-order valence-electron chi connectivity index (χ4n) is 1.85. The molecule has 5 nitrogen and oxygen atoms in total. The van der Waals surface area contributed by atoms with Crippen LogP contribution < -0.4 is 10.6 Å². The molecule has 0 bridgehead atoms. The van der Waals surface area contributed by atoms with Gasteiger partial charge in [0.1, 0.15) is 5.82 Å². The van der Waals surface area contributed by atoms with Crippen molar-refractivity contribution in [3.63, 3.8) is 0 Å². The molecular formula is C14H18N4OS. The van der Waals surface area contributed by atoms with Gasteiger partial charge in [0, 0.05) is 12.7 Å². The number of pyridine rings is 1. The maximum absolute atomic E-state index is 11.8. The van der Waals surface area contributed by atoms with E-state index in [9.17, 15) is 4.79 Å². The molecule has 2 heterocycles. The molecule has 2 rings (SSSR count). The van der Waals surface area contributed by atoms with Gasteiger partial charge in [-0.25, -0.2) is 9.78 Å². The fraction of sp³-hybridized carbons (Fsp3) is 0.286. The number of nitrogens with one attached hydrogen (secondary N) is 2. The molecule has 6 heteroatoms. The summed E-state index contributed by atoms with van der Waals surface area (Å²) >= 11 is 1.66. The van der Waals surface area contributed by atoms with E-state index < -0.39 is 0 Å². The summed E-state index contributed by atoms with van der Waals surface area (Å²) in [5, 5.41) is 9.72. The van der Waals surface area contributed by atoms with Crippen molar-refractivity contribution in [2.45, 2.75) is 6.04 Å². The number of carbonyl (C=O) groups excluding carboxylic acids is 1. The maximum atomic E-state index is 11.8. The van der Waals surface area contributed by atoms with Crippen molar-refractivity contribution in [1.82, 2.24) is 15.2 Å². The number of aromatic nitrogens is 1. The highest BCUT2D eigenvalue weighted by Crippen LogP contribution is 2.19. The van der Waals surface area contributed by atoms with Crippen LogP contribution >= 0.6 is 11.3 Å². The molecule has 0 spiro atoms. The molecule has 2 amide bonds. The van der Waals surface area contributed by atoms with Crippen molar-refractivity contribution < 1.29 is 4.79 Å². The van der Waals surface area contributed by atoms with E-state index in [0.717, 1.165) is 0 Å². The number of thiophene rings is 1. The molecule has 1 unspecified atom stereocenters. The molecule has 0 aliphatic carbocycles. The van der Waals surface area contributed by atoms with Crippen molar-refractivity contribution in [1.29, 1.82) is 0 Å². The van der Waals surface area contributed by atoms with E-state index in [0.29, 0.717) is 12.4 Å². The van der Waals surface area contributed by atoms with Gasteiger partial charge >= 0.3 is 6.03 Å². The highest BCUT2D eigenvalue weighted by molar-refractivity contribution is 7.07. The van der Waals surface area contributed by atoms with E-state index in [4.69, 9.17) is 0 Å². The monoisotopic (exact) mass is 290 g/mol. The van der Waals surface area contributed by atoms with E-state index in [1.165, 1.54) is 5.56 Å². The second kappa shape index (κ2) is 7.02. The van der Waals surface area contributed by atoms with Gasteiger partial charge in [0.15, 0.2) is 0 Å². The second-order valence-corrected chi connectivity index (χ2v) is 5.37. The number of carbonyl (C=O) groups is 1. The Bertz CT molecular complexity index is 527. The van der Waals surface area contributed by atoms with Crippen LogP contribution in [0.2, 0.25) is 0 Å². The largest absolute Gasteiger partial charge is 0.336 e. The zero-order valence-electron chi connectivity index (χ0n) is 11.5. The highest BCUT2D eigenvalue weighted by atomic mass is 32.1. The number of anilines is 1. The Balaban J connectivity index is 1.88. The Labute approximate surface area is 122 Å². The van der Waals surface area contributed by atoms with E-state index in [1.807, 2.05) is 31.6 Å². The zero-order chi connectivity index (χ0) is 14.4. The average Bonchev–Trinajstić information content (AvgIpc) is 2.93. The van der Waals surface area contributed by atoms with Gasteiger partial charge in [0.05, 0.1) is 6.04 Å². The second-order valence-electron chi connectivity index (χ2n) is 4.59. The van der Waals surface area contributed by atoms with Gasteiger partial charge in [-0.05, 0) is 48.6 Å². The quantitative estimate of drug-likeness (QED) is 0.890. The van der Waals surface area contributed by atoms with Crippen molar-refractivity contribution in [2.75, 3.05) is 26.0 Å². The van der Waals surface area contributed by atoms with Crippen molar-refractivity contribution in [3.8, 4) is 0 Å². The van der Waals surface area contributed by atoms with Crippen LogP contribution in [-0.4, -0.2) is 36.6 Å². The number of hydrogen-bond acceptors (Lipinski definition) is 4. The summed E-state index contributed by atoms with van der Waals surface area (Å²) < 4.78 is 0. The molecule has 1 atom stereocenters. The van der Waals surface area contributed by atoms with Gasteiger partial charge in [-0.15, -0.1) is 0 Å². The Hall–Kier alpha value is -1.92. The summed E-state index contributed by atoms with van der Waals surface area (Å²) in [4.78, 5) is 18.0. The lowest BCUT2D eigenvalue weighted by Crippen LogP contribution is -2.36. The first kappa shape index (κ1) is 14.5. The van der Waals surface area contributed by atoms with Crippen LogP contribution in [0.4, 0.5) is 10.6 Å². The highest BCUT2D eigenvalue weighted by Gasteiger charge is 2.15. The number of amides is 2. The van der Waals surface area contributed by atoms with Crippen LogP contribution in [0.1, 0.15) is 11.6 Å². The van der Waals surface area contributed by atoms with Crippen LogP contribution in [0.3, 0.4) is 0 Å². The number of nitrogens with zero attached hydrogens (tertiary/aromatic N) is 2. The zero-order valence-corrected chi connectivity index (χ0v) is 12.4. The van der Waals surface area contributed by atoms with Gasteiger partial charge in [0.25, 0.3) is 0 Å². The van der Waals surface area contributed by atoms with Crippen LogP contribution in [0.25, 0.3) is 0 Å². The van der Waals surface area contributed by atoms with E-state index in [-0.39, 0.29) is 12.1 Å². The van der Waals surface area contributed by atoms with Gasteiger partial charge in [-0.1, -0.05) is 6.07 Å². The lowest BCUT2D eigenvalue weighted by Gasteiger charge is -2.24. The average molecular weight is 290 g/mol. The minimum absolute atomic E-state index is 0.163.